The van der Waals surface area contributed by atoms with Crippen LogP contribution in [0.15, 0.2) is 42.5 Å². The summed E-state index contributed by atoms with van der Waals surface area (Å²) in [6.07, 6.45) is 0. The lowest BCUT2D eigenvalue weighted by molar-refractivity contribution is -0.162. The highest BCUT2D eigenvalue weighted by Crippen LogP contribution is 2.33. The van der Waals surface area contributed by atoms with Gasteiger partial charge in [0.15, 0.2) is 0 Å². The van der Waals surface area contributed by atoms with E-state index in [0.29, 0.717) is 17.7 Å². The zero-order valence-electron chi connectivity index (χ0n) is 17.1. The highest BCUT2D eigenvalue weighted by atomic mass is 16.5. The molecule has 0 saturated carbocycles. The van der Waals surface area contributed by atoms with Crippen LogP contribution in [0.25, 0.3) is 0 Å². The number of likely N-dealkylation sites (N-methyl/N-ethyl adjacent to an activating group) is 1. The number of hydrogen-bond acceptors (Lipinski definition) is 4. The zero-order chi connectivity index (χ0) is 20.0. The van der Waals surface area contributed by atoms with E-state index in [1.165, 1.54) is 0 Å². The van der Waals surface area contributed by atoms with Crippen molar-refractivity contribution in [3.05, 3.63) is 70.3 Å². The molecule has 0 aliphatic heterocycles. The Kier molecular flexibility index (Phi) is 7.17. The summed E-state index contributed by atoms with van der Waals surface area (Å²) in [4.78, 5) is 15.2. The molecule has 0 fully saturated rings. The summed E-state index contributed by atoms with van der Waals surface area (Å²) in [5, 5.41) is 11.6. The Morgan fingerprint density at radius 3 is 2.07 bits per heavy atom. The molecule has 1 atom stereocenters. The number of esters is 1. The fourth-order valence-corrected chi connectivity index (χ4v) is 3.24. The van der Waals surface area contributed by atoms with Crippen LogP contribution in [-0.2, 0) is 15.1 Å². The number of hydrogen-bond donors (Lipinski definition) is 1. The molecule has 0 radical (unpaired) electrons. The number of carbonyl (C=O) groups is 1. The summed E-state index contributed by atoms with van der Waals surface area (Å²) in [5.74, 6) is -0.636. The molecule has 0 bridgehead atoms. The van der Waals surface area contributed by atoms with Crippen LogP contribution < -0.4 is 0 Å². The van der Waals surface area contributed by atoms with Crippen molar-refractivity contribution >= 4 is 5.97 Å². The average molecular weight is 370 g/mol. The predicted molar refractivity (Wildman–Crippen MR) is 109 cm³/mol. The van der Waals surface area contributed by atoms with Crippen molar-refractivity contribution in [3.63, 3.8) is 0 Å². The number of benzene rings is 2. The van der Waals surface area contributed by atoms with Crippen molar-refractivity contribution in [2.24, 2.45) is 0 Å². The first kappa shape index (κ1) is 21.1. The number of rotatable bonds is 8. The van der Waals surface area contributed by atoms with Crippen LogP contribution in [0.4, 0.5) is 0 Å². The first-order valence-electron chi connectivity index (χ1n) is 9.60. The van der Waals surface area contributed by atoms with Gasteiger partial charge in [-0.15, -0.1) is 0 Å². The van der Waals surface area contributed by atoms with E-state index in [4.69, 9.17) is 4.74 Å². The molecule has 1 N–H and O–H groups in total. The van der Waals surface area contributed by atoms with Crippen LogP contribution in [0.1, 0.15) is 41.7 Å². The topological polar surface area (TPSA) is 49.8 Å². The number of ether oxygens (including phenoxy) is 1. The second-order valence-corrected chi connectivity index (χ2v) is 6.97. The molecule has 4 nitrogen and oxygen atoms in total. The molecule has 4 heteroatoms. The smallest absolute Gasteiger partial charge is 0.347 e. The van der Waals surface area contributed by atoms with Crippen LogP contribution in [0, 0.1) is 20.8 Å². The highest BCUT2D eigenvalue weighted by Gasteiger charge is 2.42. The molecular formula is C23H31NO3. The van der Waals surface area contributed by atoms with Gasteiger partial charge in [-0.1, -0.05) is 56.3 Å². The maximum absolute atomic E-state index is 13.0. The van der Waals surface area contributed by atoms with Crippen LogP contribution in [0.5, 0.6) is 0 Å². The van der Waals surface area contributed by atoms with Gasteiger partial charge in [-0.3, -0.25) is 0 Å². The number of aliphatic hydroxyl groups is 1. The van der Waals surface area contributed by atoms with Gasteiger partial charge in [-0.05, 0) is 61.7 Å². The summed E-state index contributed by atoms with van der Waals surface area (Å²) >= 11 is 0. The second kappa shape index (κ2) is 9.16. The molecule has 1 unspecified atom stereocenters. The minimum Gasteiger partial charge on any atom is -0.462 e. The number of aryl methyl sites for hydroxylation is 2. The SMILES string of the molecule is CCN(CC)CCOC(=O)C(O)(c1ccccc1)c1cc(C)c(C)c(C)c1. The Hall–Kier alpha value is -2.17. The van der Waals surface area contributed by atoms with E-state index in [1.807, 2.05) is 51.1 Å². The fraction of sp³-hybridized carbons (Fsp3) is 0.435. The van der Waals surface area contributed by atoms with E-state index in [2.05, 4.69) is 18.7 Å². The molecular weight excluding hydrogens is 338 g/mol. The molecule has 27 heavy (non-hydrogen) atoms. The third-order valence-electron chi connectivity index (χ3n) is 5.37. The fourth-order valence-electron chi connectivity index (χ4n) is 3.24. The maximum Gasteiger partial charge on any atom is 0.347 e. The van der Waals surface area contributed by atoms with Gasteiger partial charge in [-0.2, -0.15) is 0 Å². The van der Waals surface area contributed by atoms with Gasteiger partial charge in [0.05, 0.1) is 0 Å². The predicted octanol–water partition coefficient (Wildman–Crippen LogP) is 3.73. The van der Waals surface area contributed by atoms with Gasteiger partial charge in [0, 0.05) is 6.54 Å². The molecule has 146 valence electrons. The summed E-state index contributed by atoms with van der Waals surface area (Å²) in [7, 11) is 0. The van der Waals surface area contributed by atoms with Crippen LogP contribution in [-0.4, -0.2) is 42.2 Å². The number of nitrogens with zero attached hydrogens (tertiary/aromatic N) is 1. The molecule has 0 amide bonds. The molecule has 2 rings (SSSR count). The van der Waals surface area contributed by atoms with Crippen LogP contribution in [0.2, 0.25) is 0 Å². The average Bonchev–Trinajstić information content (AvgIpc) is 2.68. The lowest BCUT2D eigenvalue weighted by Crippen LogP contribution is -2.40. The van der Waals surface area contributed by atoms with Gasteiger partial charge < -0.3 is 14.7 Å². The van der Waals surface area contributed by atoms with E-state index in [9.17, 15) is 9.90 Å². The third-order valence-corrected chi connectivity index (χ3v) is 5.37. The van der Waals surface area contributed by atoms with Crippen molar-refractivity contribution in [2.75, 3.05) is 26.2 Å². The van der Waals surface area contributed by atoms with Gasteiger partial charge in [0.2, 0.25) is 5.60 Å². The first-order valence-corrected chi connectivity index (χ1v) is 9.60. The zero-order valence-corrected chi connectivity index (χ0v) is 17.1. The molecule has 0 saturated heterocycles. The molecule has 0 aromatic heterocycles. The standard InChI is InChI=1S/C23H31NO3/c1-6-24(7-2)13-14-27-22(25)23(26,20-11-9-8-10-12-20)21-15-17(3)19(5)18(4)16-21/h8-12,15-16,26H,6-7,13-14H2,1-5H3. The van der Waals surface area contributed by atoms with Crippen LogP contribution in [0.3, 0.4) is 0 Å². The third kappa shape index (κ3) is 4.57. The second-order valence-electron chi connectivity index (χ2n) is 6.97. The van der Waals surface area contributed by atoms with Gasteiger partial charge in [0.1, 0.15) is 6.61 Å². The van der Waals surface area contributed by atoms with E-state index < -0.39 is 11.6 Å². The van der Waals surface area contributed by atoms with E-state index in [-0.39, 0.29) is 6.61 Å². The summed E-state index contributed by atoms with van der Waals surface area (Å²) < 4.78 is 5.53. The highest BCUT2D eigenvalue weighted by molar-refractivity contribution is 5.85. The minimum atomic E-state index is -1.83. The van der Waals surface area contributed by atoms with Crippen molar-refractivity contribution in [3.8, 4) is 0 Å². The van der Waals surface area contributed by atoms with Crippen molar-refractivity contribution in [1.29, 1.82) is 0 Å². The van der Waals surface area contributed by atoms with E-state index in [1.54, 1.807) is 12.1 Å². The Morgan fingerprint density at radius 2 is 1.56 bits per heavy atom. The van der Waals surface area contributed by atoms with E-state index >= 15 is 0 Å². The summed E-state index contributed by atoms with van der Waals surface area (Å²) in [5.41, 5.74) is 2.46. The summed E-state index contributed by atoms with van der Waals surface area (Å²) in [6.45, 7) is 12.9. The molecule has 0 heterocycles. The summed E-state index contributed by atoms with van der Waals surface area (Å²) in [6, 6.07) is 12.8. The minimum absolute atomic E-state index is 0.249. The Labute approximate surface area is 162 Å². The van der Waals surface area contributed by atoms with Crippen molar-refractivity contribution < 1.29 is 14.6 Å². The molecule has 2 aromatic rings. The Morgan fingerprint density at radius 1 is 1.00 bits per heavy atom. The lowest BCUT2D eigenvalue weighted by Gasteiger charge is -2.29. The largest absolute Gasteiger partial charge is 0.462 e. The number of carbonyl (C=O) groups excluding carboxylic acids is 1. The van der Waals surface area contributed by atoms with E-state index in [0.717, 1.165) is 29.8 Å². The molecule has 0 spiro atoms. The Bertz CT molecular complexity index is 745. The maximum atomic E-state index is 13.0. The monoisotopic (exact) mass is 369 g/mol. The normalized spacial score (nSPS) is 13.4. The Balaban J connectivity index is 2.38. The molecule has 0 aliphatic rings. The van der Waals surface area contributed by atoms with Crippen molar-refractivity contribution in [2.45, 2.75) is 40.2 Å². The quantitative estimate of drug-likeness (QED) is 0.720. The van der Waals surface area contributed by atoms with Gasteiger partial charge in [-0.25, -0.2) is 4.79 Å². The lowest BCUT2D eigenvalue weighted by atomic mass is 9.84. The molecule has 0 aliphatic carbocycles. The van der Waals surface area contributed by atoms with Gasteiger partial charge >= 0.3 is 5.97 Å². The van der Waals surface area contributed by atoms with Crippen molar-refractivity contribution in [1.82, 2.24) is 4.90 Å². The first-order chi connectivity index (χ1) is 12.8. The molecule has 2 aromatic carbocycles. The van der Waals surface area contributed by atoms with Crippen LogP contribution >= 0.6 is 0 Å². The van der Waals surface area contributed by atoms with Gasteiger partial charge in [0.25, 0.3) is 0 Å².